The molecule has 6 nitrogen and oxygen atoms in total. The number of nitrogens with one attached hydrogen (secondary N) is 1. The number of carbonyl (C=O) groups excluding carboxylic acids is 1. The molecule has 10 heteroatoms. The zero-order chi connectivity index (χ0) is 21.5. The largest absolute Gasteiger partial charge is 0.417 e. The van der Waals surface area contributed by atoms with Crippen LogP contribution in [-0.2, 0) is 24.6 Å². The van der Waals surface area contributed by atoms with Crippen molar-refractivity contribution in [2.75, 3.05) is 5.32 Å². The van der Waals surface area contributed by atoms with Crippen molar-refractivity contribution in [3.05, 3.63) is 57.3 Å². The molecule has 0 aliphatic rings. The molecule has 29 heavy (non-hydrogen) atoms. The second-order valence-electron chi connectivity index (χ2n) is 6.72. The van der Waals surface area contributed by atoms with Crippen molar-refractivity contribution in [1.29, 1.82) is 0 Å². The summed E-state index contributed by atoms with van der Waals surface area (Å²) in [5.41, 5.74) is -1.18. The number of aryl methyl sites for hydroxylation is 4. The third-order valence-electron chi connectivity index (χ3n) is 4.70. The summed E-state index contributed by atoms with van der Waals surface area (Å²) in [5, 5.41) is 6.35. The fourth-order valence-electron chi connectivity index (χ4n) is 3.02. The summed E-state index contributed by atoms with van der Waals surface area (Å²) >= 11 is 0. The zero-order valence-corrected chi connectivity index (χ0v) is 15.9. The summed E-state index contributed by atoms with van der Waals surface area (Å²) < 4.78 is 55.9. The number of hydrogen-bond acceptors (Lipinski definition) is 3. The average molecular weight is 410 g/mol. The van der Waals surface area contributed by atoms with E-state index in [1.54, 1.807) is 6.92 Å². The first kappa shape index (κ1) is 20.6. The monoisotopic (exact) mass is 410 g/mol. The summed E-state index contributed by atoms with van der Waals surface area (Å²) in [7, 11) is 1.48. The van der Waals surface area contributed by atoms with Crippen molar-refractivity contribution in [1.82, 2.24) is 14.3 Å². The molecule has 1 amide bonds. The first-order valence-corrected chi connectivity index (χ1v) is 8.69. The van der Waals surface area contributed by atoms with Crippen LogP contribution in [0.25, 0.3) is 11.0 Å². The predicted octanol–water partition coefficient (Wildman–Crippen LogP) is 3.54. The Morgan fingerprint density at radius 3 is 2.52 bits per heavy atom. The van der Waals surface area contributed by atoms with Gasteiger partial charge in [0.1, 0.15) is 5.82 Å². The van der Waals surface area contributed by atoms with Gasteiger partial charge >= 0.3 is 6.18 Å². The standard InChI is InChI=1S/C19H18F4N4O2/c1-10-4-5-12(8-14(10)20)24-15(28)6-7-27-16(29)9-13(19(21,22)23)17-11(2)26(3)25-18(17)27/h4-5,8-9H,6-7H2,1-3H3,(H,24,28). The summed E-state index contributed by atoms with van der Waals surface area (Å²) in [4.78, 5) is 24.5. The molecule has 0 fully saturated rings. The molecule has 1 N–H and O–H groups in total. The van der Waals surface area contributed by atoms with Gasteiger partial charge in [-0.25, -0.2) is 4.39 Å². The number of pyridine rings is 1. The molecule has 0 aliphatic carbocycles. The van der Waals surface area contributed by atoms with E-state index >= 15 is 0 Å². The second-order valence-corrected chi connectivity index (χ2v) is 6.72. The maximum absolute atomic E-state index is 13.6. The lowest BCUT2D eigenvalue weighted by Gasteiger charge is -2.12. The number of alkyl halides is 3. The van der Waals surface area contributed by atoms with Crippen LogP contribution in [-0.4, -0.2) is 20.3 Å². The minimum absolute atomic E-state index is 0.140. The van der Waals surface area contributed by atoms with Crippen LogP contribution in [0.5, 0.6) is 0 Å². The van der Waals surface area contributed by atoms with Crippen LogP contribution >= 0.6 is 0 Å². The van der Waals surface area contributed by atoms with Crippen LogP contribution in [0.1, 0.15) is 23.2 Å². The smallest absolute Gasteiger partial charge is 0.326 e. The van der Waals surface area contributed by atoms with Gasteiger partial charge in [0.15, 0.2) is 5.65 Å². The molecule has 154 valence electrons. The fraction of sp³-hybridized carbons (Fsp3) is 0.316. The number of anilines is 1. The summed E-state index contributed by atoms with van der Waals surface area (Å²) in [6, 6.07) is 4.72. The van der Waals surface area contributed by atoms with E-state index in [9.17, 15) is 27.2 Å². The van der Waals surface area contributed by atoms with Crippen LogP contribution in [0.2, 0.25) is 0 Å². The summed E-state index contributed by atoms with van der Waals surface area (Å²) in [5.74, 6) is -0.992. The highest BCUT2D eigenvalue weighted by Crippen LogP contribution is 2.35. The van der Waals surface area contributed by atoms with Gasteiger partial charge in [-0.15, -0.1) is 0 Å². The Balaban J connectivity index is 1.89. The van der Waals surface area contributed by atoms with Crippen molar-refractivity contribution < 1.29 is 22.4 Å². The Morgan fingerprint density at radius 2 is 1.90 bits per heavy atom. The van der Waals surface area contributed by atoms with Crippen molar-refractivity contribution in [2.45, 2.75) is 33.0 Å². The van der Waals surface area contributed by atoms with Crippen LogP contribution in [0.3, 0.4) is 0 Å². The highest BCUT2D eigenvalue weighted by atomic mass is 19.4. The van der Waals surface area contributed by atoms with E-state index in [1.807, 2.05) is 0 Å². The molecule has 0 radical (unpaired) electrons. The normalized spacial score (nSPS) is 11.8. The number of nitrogens with zero attached hydrogens (tertiary/aromatic N) is 3. The van der Waals surface area contributed by atoms with Gasteiger partial charge in [0.25, 0.3) is 5.56 Å². The van der Waals surface area contributed by atoms with E-state index in [4.69, 9.17) is 0 Å². The lowest BCUT2D eigenvalue weighted by molar-refractivity contribution is -0.136. The number of benzene rings is 1. The van der Waals surface area contributed by atoms with Gasteiger partial charge in [0, 0.05) is 37.5 Å². The summed E-state index contributed by atoms with van der Waals surface area (Å²) in [6.45, 7) is 2.88. The molecule has 0 saturated carbocycles. The molecule has 0 bridgehead atoms. The van der Waals surface area contributed by atoms with Crippen LogP contribution in [0.4, 0.5) is 23.2 Å². The third kappa shape index (κ3) is 4.01. The van der Waals surface area contributed by atoms with E-state index in [1.165, 1.54) is 30.8 Å². The lowest BCUT2D eigenvalue weighted by atomic mass is 10.1. The maximum atomic E-state index is 13.6. The Kier molecular flexibility index (Phi) is 5.20. The van der Waals surface area contributed by atoms with Gasteiger partial charge in [-0.1, -0.05) is 6.07 Å². The first-order chi connectivity index (χ1) is 13.5. The summed E-state index contributed by atoms with van der Waals surface area (Å²) in [6.07, 6.45) is -4.91. The van der Waals surface area contributed by atoms with Crippen LogP contribution in [0, 0.1) is 19.7 Å². The lowest BCUT2D eigenvalue weighted by Crippen LogP contribution is -2.25. The molecule has 1 aromatic carbocycles. The van der Waals surface area contributed by atoms with Gasteiger partial charge in [0.05, 0.1) is 10.9 Å². The number of halogens is 4. The Hall–Kier alpha value is -3.17. The maximum Gasteiger partial charge on any atom is 0.417 e. The molecule has 3 aromatic rings. The Morgan fingerprint density at radius 1 is 1.21 bits per heavy atom. The molecule has 2 heterocycles. The molecule has 3 rings (SSSR count). The minimum Gasteiger partial charge on any atom is -0.326 e. The molecule has 0 aliphatic heterocycles. The third-order valence-corrected chi connectivity index (χ3v) is 4.70. The molecule has 0 spiro atoms. The van der Waals surface area contributed by atoms with Crippen molar-refractivity contribution in [3.8, 4) is 0 Å². The molecule has 2 aromatic heterocycles. The quantitative estimate of drug-likeness (QED) is 0.669. The van der Waals surface area contributed by atoms with Gasteiger partial charge in [-0.05, 0) is 31.5 Å². The number of hydrogen-bond donors (Lipinski definition) is 1. The second kappa shape index (κ2) is 7.34. The molecular weight excluding hydrogens is 392 g/mol. The van der Waals surface area contributed by atoms with Crippen molar-refractivity contribution in [2.24, 2.45) is 7.05 Å². The molecule has 0 atom stereocenters. The predicted molar refractivity (Wildman–Crippen MR) is 99.1 cm³/mol. The van der Waals surface area contributed by atoms with Gasteiger partial charge < -0.3 is 5.32 Å². The first-order valence-electron chi connectivity index (χ1n) is 8.69. The molecule has 0 saturated heterocycles. The van der Waals surface area contributed by atoms with Crippen LogP contribution < -0.4 is 10.9 Å². The Labute approximate surface area is 162 Å². The molecular formula is C19H18F4N4O2. The van der Waals surface area contributed by atoms with Crippen molar-refractivity contribution >= 4 is 22.6 Å². The van der Waals surface area contributed by atoms with Gasteiger partial charge in [-0.3, -0.25) is 18.8 Å². The van der Waals surface area contributed by atoms with E-state index in [-0.39, 0.29) is 35.4 Å². The zero-order valence-electron chi connectivity index (χ0n) is 15.9. The van der Waals surface area contributed by atoms with Gasteiger partial charge in [-0.2, -0.15) is 18.3 Å². The number of amides is 1. The average Bonchev–Trinajstić information content (AvgIpc) is 2.91. The highest BCUT2D eigenvalue weighted by molar-refractivity contribution is 5.91. The molecule has 0 unspecified atom stereocenters. The Bertz CT molecular complexity index is 1160. The van der Waals surface area contributed by atoms with Crippen molar-refractivity contribution in [3.63, 3.8) is 0 Å². The van der Waals surface area contributed by atoms with Gasteiger partial charge in [0.2, 0.25) is 5.91 Å². The highest BCUT2D eigenvalue weighted by Gasteiger charge is 2.35. The number of fused-ring (bicyclic) bond motifs is 1. The minimum atomic E-state index is -4.71. The fourth-order valence-corrected chi connectivity index (χ4v) is 3.02. The van der Waals surface area contributed by atoms with E-state index < -0.39 is 29.0 Å². The van der Waals surface area contributed by atoms with E-state index in [2.05, 4.69) is 10.4 Å². The van der Waals surface area contributed by atoms with E-state index in [0.29, 0.717) is 11.6 Å². The number of aromatic nitrogens is 3. The number of rotatable bonds is 4. The van der Waals surface area contributed by atoms with Crippen LogP contribution in [0.15, 0.2) is 29.1 Å². The topological polar surface area (TPSA) is 68.9 Å². The van der Waals surface area contributed by atoms with E-state index in [0.717, 1.165) is 10.6 Å². The number of carbonyl (C=O) groups is 1. The SMILES string of the molecule is Cc1ccc(NC(=O)CCn2c(=O)cc(C(F)(F)F)c3c(C)n(C)nc32)cc1F.